The Balaban J connectivity index is 0.000000659. The quantitative estimate of drug-likeness (QED) is 0.711. The molecule has 0 amide bonds. The molecule has 2 aromatic rings. The highest BCUT2D eigenvalue weighted by molar-refractivity contribution is 6.33. The molecule has 2 rings (SSSR count). The van der Waals surface area contributed by atoms with Crippen LogP contribution in [0.5, 0.6) is 0 Å². The largest absolute Gasteiger partial charge is 0.237 e. The molecule has 0 fully saturated rings. The number of nitrogens with zero attached hydrogens (tertiary/aromatic N) is 2. The Hall–Kier alpha value is -1.41. The number of aromatic nitrogens is 2. The summed E-state index contributed by atoms with van der Waals surface area (Å²) in [5.41, 5.74) is 2.01. The van der Waals surface area contributed by atoms with E-state index in [1.165, 1.54) is 0 Å². The van der Waals surface area contributed by atoms with E-state index in [1.54, 1.807) is 18.5 Å². The van der Waals surface area contributed by atoms with Crippen molar-refractivity contribution < 1.29 is 0 Å². The molecule has 0 aliphatic carbocycles. The molecule has 0 aliphatic heterocycles. The second kappa shape index (κ2) is 9.60. The summed E-state index contributed by atoms with van der Waals surface area (Å²) in [6.07, 6.45) is 3.41. The van der Waals surface area contributed by atoms with Crippen molar-refractivity contribution in [3.05, 3.63) is 47.2 Å². The summed E-state index contributed by atoms with van der Waals surface area (Å²) in [6, 6.07) is 7.63. The third kappa shape index (κ3) is 4.84. The van der Waals surface area contributed by atoms with Crippen LogP contribution in [0.3, 0.4) is 0 Å². The summed E-state index contributed by atoms with van der Waals surface area (Å²) < 4.78 is 0. The van der Waals surface area contributed by atoms with Crippen molar-refractivity contribution in [1.82, 2.24) is 9.97 Å². The molecule has 0 aliphatic rings. The van der Waals surface area contributed by atoms with Crippen LogP contribution in [0.2, 0.25) is 5.02 Å². The third-order valence-electron chi connectivity index (χ3n) is 1.93. The predicted molar refractivity (Wildman–Crippen MR) is 79.9 cm³/mol. The van der Waals surface area contributed by atoms with Crippen LogP contribution in [-0.2, 0) is 0 Å². The van der Waals surface area contributed by atoms with E-state index in [2.05, 4.69) is 9.97 Å². The highest BCUT2D eigenvalue weighted by Crippen LogP contribution is 2.25. The lowest BCUT2D eigenvalue weighted by atomic mass is 10.1. The normalized spacial score (nSPS) is 8.56. The second-order valence-electron chi connectivity index (χ2n) is 3.06. The van der Waals surface area contributed by atoms with Gasteiger partial charge in [0, 0.05) is 18.0 Å². The topological polar surface area (TPSA) is 25.8 Å². The number of aryl methyl sites for hydroxylation is 1. The molecule has 2 nitrogen and oxygen atoms in total. The zero-order chi connectivity index (χ0) is 14.0. The summed E-state index contributed by atoms with van der Waals surface area (Å²) in [4.78, 5) is 8.29. The smallest absolute Gasteiger partial charge is 0.160 e. The van der Waals surface area contributed by atoms with Crippen LogP contribution >= 0.6 is 11.6 Å². The molecule has 0 saturated heterocycles. The van der Waals surface area contributed by atoms with E-state index < -0.39 is 0 Å². The first kappa shape index (κ1) is 16.6. The Kier molecular flexibility index (Phi) is 8.85. The Morgan fingerprint density at radius 3 is 2.00 bits per heavy atom. The molecule has 1 aromatic carbocycles. The number of rotatable bonds is 1. The van der Waals surface area contributed by atoms with Gasteiger partial charge in [-0.2, -0.15) is 0 Å². The molecule has 1 heterocycles. The fraction of sp³-hybridized carbons (Fsp3) is 0.333. The SMILES string of the molecule is CC.CC.Cc1ccc(-c2ncccn2)c(Cl)c1. The number of halogens is 1. The van der Waals surface area contributed by atoms with E-state index in [1.807, 2.05) is 52.8 Å². The van der Waals surface area contributed by atoms with Gasteiger partial charge >= 0.3 is 0 Å². The van der Waals surface area contributed by atoms with E-state index in [-0.39, 0.29) is 0 Å². The molecule has 0 unspecified atom stereocenters. The van der Waals surface area contributed by atoms with Gasteiger partial charge in [0.1, 0.15) is 0 Å². The van der Waals surface area contributed by atoms with Crippen molar-refractivity contribution in [3.8, 4) is 11.4 Å². The highest BCUT2D eigenvalue weighted by Gasteiger charge is 2.04. The summed E-state index contributed by atoms with van der Waals surface area (Å²) in [5.74, 6) is 0.664. The van der Waals surface area contributed by atoms with Crippen LogP contribution in [0.4, 0.5) is 0 Å². The van der Waals surface area contributed by atoms with Gasteiger partial charge in [0.15, 0.2) is 5.82 Å². The van der Waals surface area contributed by atoms with E-state index in [0.717, 1.165) is 11.1 Å². The minimum atomic E-state index is 0.664. The lowest BCUT2D eigenvalue weighted by molar-refractivity contribution is 1.17. The number of hydrogen-bond donors (Lipinski definition) is 0. The summed E-state index contributed by atoms with van der Waals surface area (Å²) >= 11 is 6.08. The van der Waals surface area contributed by atoms with Gasteiger partial charge in [-0.1, -0.05) is 45.4 Å². The summed E-state index contributed by atoms with van der Waals surface area (Å²) in [5, 5.41) is 0.691. The lowest BCUT2D eigenvalue weighted by Crippen LogP contribution is -1.87. The molecule has 0 bridgehead atoms. The zero-order valence-corrected chi connectivity index (χ0v) is 12.5. The molecule has 0 radical (unpaired) electrons. The minimum Gasteiger partial charge on any atom is -0.237 e. The van der Waals surface area contributed by atoms with Gasteiger partial charge in [-0.05, 0) is 30.7 Å². The van der Waals surface area contributed by atoms with Gasteiger partial charge in [0.2, 0.25) is 0 Å². The van der Waals surface area contributed by atoms with Gasteiger partial charge in [0.25, 0.3) is 0 Å². The Morgan fingerprint density at radius 2 is 1.50 bits per heavy atom. The standard InChI is InChI=1S/C11H9ClN2.2C2H6/c1-8-3-4-9(10(12)7-8)11-13-5-2-6-14-11;2*1-2/h2-7H,1H3;2*1-2H3. The van der Waals surface area contributed by atoms with Crippen molar-refractivity contribution in [3.63, 3.8) is 0 Å². The molecule has 1 aromatic heterocycles. The summed E-state index contributed by atoms with van der Waals surface area (Å²) in [6.45, 7) is 10.0. The van der Waals surface area contributed by atoms with Gasteiger partial charge in [-0.25, -0.2) is 9.97 Å². The van der Waals surface area contributed by atoms with Gasteiger partial charge < -0.3 is 0 Å². The number of hydrogen-bond acceptors (Lipinski definition) is 2. The van der Waals surface area contributed by atoms with Crippen LogP contribution in [-0.4, -0.2) is 9.97 Å². The van der Waals surface area contributed by atoms with Crippen LogP contribution in [0.1, 0.15) is 33.3 Å². The van der Waals surface area contributed by atoms with E-state index in [4.69, 9.17) is 11.6 Å². The minimum absolute atomic E-state index is 0.664. The van der Waals surface area contributed by atoms with Crippen LogP contribution in [0, 0.1) is 6.92 Å². The van der Waals surface area contributed by atoms with Gasteiger partial charge in [-0.15, -0.1) is 0 Å². The molecule has 3 heteroatoms. The maximum atomic E-state index is 6.08. The van der Waals surface area contributed by atoms with Crippen molar-refractivity contribution in [2.75, 3.05) is 0 Å². The van der Waals surface area contributed by atoms with E-state index >= 15 is 0 Å². The molecule has 0 atom stereocenters. The molecule has 18 heavy (non-hydrogen) atoms. The van der Waals surface area contributed by atoms with Crippen LogP contribution in [0.25, 0.3) is 11.4 Å². The number of benzene rings is 1. The van der Waals surface area contributed by atoms with Gasteiger partial charge in [0.05, 0.1) is 5.02 Å². The maximum absolute atomic E-state index is 6.08. The molecule has 0 spiro atoms. The van der Waals surface area contributed by atoms with Crippen LogP contribution < -0.4 is 0 Å². The first-order valence-corrected chi connectivity index (χ1v) is 6.69. The fourth-order valence-electron chi connectivity index (χ4n) is 1.24. The molecule has 0 saturated carbocycles. The first-order chi connectivity index (χ1) is 8.77. The molecular formula is C15H21ClN2. The fourth-order valence-corrected chi connectivity index (χ4v) is 1.56. The monoisotopic (exact) mass is 264 g/mol. The molecule has 0 N–H and O–H groups in total. The van der Waals surface area contributed by atoms with E-state index in [0.29, 0.717) is 10.8 Å². The highest BCUT2D eigenvalue weighted by atomic mass is 35.5. The zero-order valence-electron chi connectivity index (χ0n) is 11.7. The van der Waals surface area contributed by atoms with Gasteiger partial charge in [-0.3, -0.25) is 0 Å². The average molecular weight is 265 g/mol. The summed E-state index contributed by atoms with van der Waals surface area (Å²) in [7, 11) is 0. The molecule has 98 valence electrons. The maximum Gasteiger partial charge on any atom is 0.160 e. The Bertz CT molecular complexity index is 442. The van der Waals surface area contributed by atoms with Crippen molar-refractivity contribution >= 4 is 11.6 Å². The van der Waals surface area contributed by atoms with Crippen molar-refractivity contribution in [2.45, 2.75) is 34.6 Å². The second-order valence-corrected chi connectivity index (χ2v) is 3.46. The third-order valence-corrected chi connectivity index (χ3v) is 2.24. The first-order valence-electron chi connectivity index (χ1n) is 6.31. The van der Waals surface area contributed by atoms with E-state index in [9.17, 15) is 0 Å². The Labute approximate surface area is 115 Å². The van der Waals surface area contributed by atoms with Crippen molar-refractivity contribution in [1.29, 1.82) is 0 Å². The average Bonchev–Trinajstić information content (AvgIpc) is 2.44. The van der Waals surface area contributed by atoms with Crippen LogP contribution in [0.15, 0.2) is 36.7 Å². The lowest BCUT2D eigenvalue weighted by Gasteiger charge is -2.02. The van der Waals surface area contributed by atoms with Crippen molar-refractivity contribution in [2.24, 2.45) is 0 Å². The predicted octanol–water partition coefficient (Wildman–Crippen LogP) is 5.16. The Morgan fingerprint density at radius 1 is 0.944 bits per heavy atom. The molecular weight excluding hydrogens is 244 g/mol.